The van der Waals surface area contributed by atoms with Gasteiger partial charge in [0.2, 0.25) is 0 Å². The summed E-state index contributed by atoms with van der Waals surface area (Å²) in [6.45, 7) is 3.32. The molecule has 3 atom stereocenters. The van der Waals surface area contributed by atoms with Crippen LogP contribution in [0.25, 0.3) is 10.2 Å². The van der Waals surface area contributed by atoms with Crippen molar-refractivity contribution >= 4 is 27.5 Å². The lowest BCUT2D eigenvalue weighted by Crippen LogP contribution is -2.46. The maximum absolute atomic E-state index is 12.6. The number of carbonyl (C=O) groups excluding carboxylic acids is 1. The van der Waals surface area contributed by atoms with E-state index in [9.17, 15) is 4.79 Å². The molecule has 1 amide bonds. The molecule has 0 aliphatic carbocycles. The molecule has 6 heteroatoms. The number of thiazole rings is 1. The van der Waals surface area contributed by atoms with Gasteiger partial charge in [0, 0.05) is 37.2 Å². The van der Waals surface area contributed by atoms with Crippen molar-refractivity contribution in [2.75, 3.05) is 19.6 Å². The summed E-state index contributed by atoms with van der Waals surface area (Å²) in [4.78, 5) is 19.4. The molecule has 1 aromatic heterocycles. The smallest absolute Gasteiger partial charge is 0.251 e. The van der Waals surface area contributed by atoms with E-state index in [2.05, 4.69) is 15.2 Å². The van der Waals surface area contributed by atoms with E-state index < -0.39 is 0 Å². The minimum absolute atomic E-state index is 0.0276. The number of hydrogen-bond acceptors (Lipinski definition) is 5. The van der Waals surface area contributed by atoms with Crippen molar-refractivity contribution < 1.29 is 9.53 Å². The largest absolute Gasteiger partial charge is 0.375 e. The van der Waals surface area contributed by atoms with E-state index in [1.807, 2.05) is 23.7 Å². The number of amides is 1. The van der Waals surface area contributed by atoms with E-state index in [0.717, 1.165) is 42.1 Å². The normalized spacial score (nSPS) is 29.5. The van der Waals surface area contributed by atoms with Crippen LogP contribution in [-0.2, 0) is 4.74 Å². The summed E-state index contributed by atoms with van der Waals surface area (Å²) in [5.41, 5.74) is 3.44. The maximum atomic E-state index is 12.6. The summed E-state index contributed by atoms with van der Waals surface area (Å²) in [7, 11) is 0. The molecule has 3 saturated heterocycles. The highest BCUT2D eigenvalue weighted by Gasteiger charge is 2.41. The van der Waals surface area contributed by atoms with Crippen LogP contribution < -0.4 is 5.32 Å². The van der Waals surface area contributed by atoms with Gasteiger partial charge in [-0.05, 0) is 50.3 Å². The topological polar surface area (TPSA) is 54.5 Å². The Morgan fingerprint density at radius 1 is 1.27 bits per heavy atom. The van der Waals surface area contributed by atoms with Crippen LogP contribution in [0.15, 0.2) is 23.7 Å². The molecule has 0 radical (unpaired) electrons. The molecular formula is C20H25N3O2S. The first-order valence-electron chi connectivity index (χ1n) is 9.76. The number of nitrogens with one attached hydrogen (secondary N) is 1. The van der Waals surface area contributed by atoms with Gasteiger partial charge in [0.25, 0.3) is 5.91 Å². The Bertz CT molecular complexity index is 799. The molecule has 5 rings (SSSR count). The third kappa shape index (κ3) is 3.26. The van der Waals surface area contributed by atoms with Gasteiger partial charge in [-0.25, -0.2) is 4.98 Å². The van der Waals surface area contributed by atoms with Gasteiger partial charge in [-0.15, -0.1) is 11.3 Å². The van der Waals surface area contributed by atoms with Gasteiger partial charge in [-0.3, -0.25) is 4.79 Å². The fourth-order valence-corrected chi connectivity index (χ4v) is 5.45. The van der Waals surface area contributed by atoms with E-state index in [-0.39, 0.29) is 11.9 Å². The number of aromatic nitrogens is 1. The Hall–Kier alpha value is -1.50. The lowest BCUT2D eigenvalue weighted by molar-refractivity contribution is 0.0781. The minimum Gasteiger partial charge on any atom is -0.375 e. The first-order chi connectivity index (χ1) is 12.7. The number of carbonyl (C=O) groups is 1. The quantitative estimate of drug-likeness (QED) is 0.897. The molecule has 2 bridgehead atoms. The van der Waals surface area contributed by atoms with E-state index in [0.29, 0.717) is 17.8 Å². The predicted molar refractivity (Wildman–Crippen MR) is 103 cm³/mol. The Balaban J connectivity index is 1.12. The van der Waals surface area contributed by atoms with Crippen LogP contribution >= 0.6 is 11.3 Å². The van der Waals surface area contributed by atoms with Crippen LogP contribution in [0.2, 0.25) is 0 Å². The average Bonchev–Trinajstić information content (AvgIpc) is 3.39. The molecule has 3 unspecified atom stereocenters. The monoisotopic (exact) mass is 371 g/mol. The molecule has 0 saturated carbocycles. The summed E-state index contributed by atoms with van der Waals surface area (Å²) in [6.07, 6.45) is 6.89. The Morgan fingerprint density at radius 2 is 2.15 bits per heavy atom. The van der Waals surface area contributed by atoms with Crippen molar-refractivity contribution in [1.29, 1.82) is 0 Å². The van der Waals surface area contributed by atoms with E-state index >= 15 is 0 Å². The first-order valence-corrected chi connectivity index (χ1v) is 10.6. The Morgan fingerprint density at radius 3 is 2.92 bits per heavy atom. The molecule has 2 aromatic rings. The Kier molecular flexibility index (Phi) is 4.43. The third-order valence-electron chi connectivity index (χ3n) is 6.24. The predicted octanol–water partition coefficient (Wildman–Crippen LogP) is 3.06. The highest BCUT2D eigenvalue weighted by molar-refractivity contribution is 7.16. The zero-order chi connectivity index (χ0) is 17.5. The second-order valence-corrected chi connectivity index (χ2v) is 8.84. The Labute approximate surface area is 157 Å². The molecule has 4 heterocycles. The summed E-state index contributed by atoms with van der Waals surface area (Å²) in [6, 6.07) is 6.06. The van der Waals surface area contributed by atoms with Crippen molar-refractivity contribution in [1.82, 2.24) is 15.2 Å². The average molecular weight is 372 g/mol. The van der Waals surface area contributed by atoms with Crippen molar-refractivity contribution in [3.8, 4) is 0 Å². The molecule has 5 nitrogen and oxygen atoms in total. The van der Waals surface area contributed by atoms with Gasteiger partial charge >= 0.3 is 0 Å². The minimum atomic E-state index is 0.0276. The van der Waals surface area contributed by atoms with Crippen LogP contribution in [0.4, 0.5) is 0 Å². The van der Waals surface area contributed by atoms with E-state index in [1.165, 1.54) is 25.8 Å². The second-order valence-electron chi connectivity index (χ2n) is 7.95. The molecule has 0 spiro atoms. The maximum Gasteiger partial charge on any atom is 0.251 e. The standard InChI is InChI=1S/C20H25N3O2S/c24-20(13-1-4-19-17(10-13)21-12-26-19)22-15-5-7-23(8-6-15)11-14-9-16-2-3-18(14)25-16/h1,4,10,12,14-16,18H,2-3,5-9,11H2,(H,22,24). The number of piperidine rings is 1. The van der Waals surface area contributed by atoms with Crippen LogP contribution in [0, 0.1) is 5.92 Å². The van der Waals surface area contributed by atoms with E-state index in [4.69, 9.17) is 4.74 Å². The van der Waals surface area contributed by atoms with Gasteiger partial charge in [-0.1, -0.05) is 0 Å². The summed E-state index contributed by atoms with van der Waals surface area (Å²) in [5, 5.41) is 3.22. The van der Waals surface area contributed by atoms with Crippen molar-refractivity contribution in [3.05, 3.63) is 29.3 Å². The van der Waals surface area contributed by atoms with Crippen LogP contribution in [0.1, 0.15) is 42.5 Å². The lowest BCUT2D eigenvalue weighted by atomic mass is 9.88. The number of benzene rings is 1. The molecule has 3 aliphatic rings. The van der Waals surface area contributed by atoms with Crippen molar-refractivity contribution in [3.63, 3.8) is 0 Å². The number of hydrogen-bond donors (Lipinski definition) is 1. The summed E-state index contributed by atoms with van der Waals surface area (Å²) < 4.78 is 7.11. The zero-order valence-corrected chi connectivity index (χ0v) is 15.7. The van der Waals surface area contributed by atoms with Gasteiger partial charge in [0.1, 0.15) is 0 Å². The third-order valence-corrected chi connectivity index (χ3v) is 7.05. The van der Waals surface area contributed by atoms with Crippen molar-refractivity contribution in [2.45, 2.75) is 50.4 Å². The van der Waals surface area contributed by atoms with Gasteiger partial charge in [-0.2, -0.15) is 0 Å². The van der Waals surface area contributed by atoms with Crippen LogP contribution in [-0.4, -0.2) is 53.7 Å². The molecular weight excluding hydrogens is 346 g/mol. The van der Waals surface area contributed by atoms with Gasteiger partial charge in [0.05, 0.1) is 27.9 Å². The highest BCUT2D eigenvalue weighted by atomic mass is 32.1. The molecule has 3 aliphatic heterocycles. The second kappa shape index (κ2) is 6.91. The molecule has 138 valence electrons. The number of nitrogens with zero attached hydrogens (tertiary/aromatic N) is 2. The fraction of sp³-hybridized carbons (Fsp3) is 0.600. The molecule has 1 N–H and O–H groups in total. The summed E-state index contributed by atoms with van der Waals surface area (Å²) >= 11 is 1.60. The van der Waals surface area contributed by atoms with Crippen LogP contribution in [0.3, 0.4) is 0 Å². The molecule has 3 fully saturated rings. The van der Waals surface area contributed by atoms with Crippen LogP contribution in [0.5, 0.6) is 0 Å². The van der Waals surface area contributed by atoms with E-state index in [1.54, 1.807) is 11.3 Å². The van der Waals surface area contributed by atoms with Gasteiger partial charge < -0.3 is 15.0 Å². The number of fused-ring (bicyclic) bond motifs is 3. The van der Waals surface area contributed by atoms with Crippen molar-refractivity contribution in [2.24, 2.45) is 5.92 Å². The molecule has 1 aromatic carbocycles. The SMILES string of the molecule is O=C(NC1CCN(CC2CC3CCC2O3)CC1)c1ccc2scnc2c1. The summed E-state index contributed by atoms with van der Waals surface area (Å²) in [5.74, 6) is 0.754. The molecule has 26 heavy (non-hydrogen) atoms. The first kappa shape index (κ1) is 16.7. The van der Waals surface area contributed by atoms with Gasteiger partial charge in [0.15, 0.2) is 0 Å². The zero-order valence-electron chi connectivity index (χ0n) is 14.9. The number of rotatable bonds is 4. The number of likely N-dealkylation sites (tertiary alicyclic amines) is 1. The highest BCUT2D eigenvalue weighted by Crippen LogP contribution is 2.39. The number of ether oxygens (including phenoxy) is 1. The fourth-order valence-electron chi connectivity index (χ4n) is 4.79. The lowest BCUT2D eigenvalue weighted by Gasteiger charge is -2.35.